The van der Waals surface area contributed by atoms with Crippen LogP contribution in [0.15, 0.2) is 24.3 Å². The molecule has 2 aliphatic heterocycles. The maximum absolute atomic E-state index is 12.3. The summed E-state index contributed by atoms with van der Waals surface area (Å²) in [6, 6.07) is 8.32. The van der Waals surface area contributed by atoms with Gasteiger partial charge >= 0.3 is 0 Å². The van der Waals surface area contributed by atoms with Gasteiger partial charge < -0.3 is 15.0 Å². The van der Waals surface area contributed by atoms with Crippen molar-refractivity contribution in [3.05, 3.63) is 24.3 Å². The van der Waals surface area contributed by atoms with Crippen LogP contribution in [0.2, 0.25) is 0 Å². The molecule has 0 radical (unpaired) electrons. The van der Waals surface area contributed by atoms with E-state index < -0.39 is 0 Å². The Morgan fingerprint density at radius 2 is 1.87 bits per heavy atom. The molecule has 2 heterocycles. The van der Waals surface area contributed by atoms with Crippen molar-refractivity contribution < 1.29 is 9.53 Å². The molecule has 2 fully saturated rings. The van der Waals surface area contributed by atoms with Gasteiger partial charge in [-0.25, -0.2) is 0 Å². The molecular formula is C18H27N3O2. The maximum atomic E-state index is 12.3. The summed E-state index contributed by atoms with van der Waals surface area (Å²) < 4.78 is 5.23. The van der Waals surface area contributed by atoms with Crippen LogP contribution < -0.4 is 15.0 Å². The fraction of sp³-hybridized carbons (Fsp3) is 0.611. The van der Waals surface area contributed by atoms with E-state index in [1.165, 1.54) is 5.69 Å². The maximum Gasteiger partial charge on any atom is 0.237 e. The molecule has 0 saturated carbocycles. The third-order valence-electron chi connectivity index (χ3n) is 4.92. The highest BCUT2D eigenvalue weighted by molar-refractivity contribution is 5.81. The highest BCUT2D eigenvalue weighted by Gasteiger charge is 2.28. The molecule has 0 aliphatic carbocycles. The number of nitrogens with one attached hydrogen (secondary N) is 1. The number of methoxy groups -OCH3 is 1. The zero-order chi connectivity index (χ0) is 16.1. The van der Waals surface area contributed by atoms with Gasteiger partial charge in [0.15, 0.2) is 0 Å². The minimum Gasteiger partial charge on any atom is -0.497 e. The van der Waals surface area contributed by atoms with E-state index in [9.17, 15) is 4.79 Å². The summed E-state index contributed by atoms with van der Waals surface area (Å²) in [6.45, 7) is 4.79. The number of benzene rings is 1. The standard InChI is InChI=1S/C18H27N3O2/c1-23-16-8-6-15(7-9-16)20-11-4-12-21(14-13-20)17-5-2-3-10-19-18(17)22/h6-9,17H,2-5,10-14H2,1H3,(H,19,22). The monoisotopic (exact) mass is 317 g/mol. The van der Waals surface area contributed by atoms with E-state index in [-0.39, 0.29) is 11.9 Å². The van der Waals surface area contributed by atoms with Crippen molar-refractivity contribution in [1.82, 2.24) is 10.2 Å². The first-order valence-electron chi connectivity index (χ1n) is 8.69. The van der Waals surface area contributed by atoms with Gasteiger partial charge in [0.25, 0.3) is 0 Å². The number of rotatable bonds is 3. The van der Waals surface area contributed by atoms with Gasteiger partial charge in [0.2, 0.25) is 5.91 Å². The van der Waals surface area contributed by atoms with Crippen molar-refractivity contribution in [2.75, 3.05) is 44.7 Å². The molecule has 1 unspecified atom stereocenters. The molecule has 2 saturated heterocycles. The molecule has 5 heteroatoms. The quantitative estimate of drug-likeness (QED) is 0.924. The van der Waals surface area contributed by atoms with Crippen molar-refractivity contribution in [2.45, 2.75) is 31.7 Å². The average Bonchev–Trinajstić information content (AvgIpc) is 2.95. The minimum absolute atomic E-state index is 0.0633. The van der Waals surface area contributed by atoms with E-state index in [4.69, 9.17) is 4.74 Å². The number of hydrogen-bond acceptors (Lipinski definition) is 4. The SMILES string of the molecule is COc1ccc(N2CCCN(C3CCCCNC3=O)CC2)cc1. The second-order valence-corrected chi connectivity index (χ2v) is 6.38. The fourth-order valence-electron chi connectivity index (χ4n) is 3.57. The van der Waals surface area contributed by atoms with E-state index in [2.05, 4.69) is 27.2 Å². The molecule has 1 N–H and O–H groups in total. The smallest absolute Gasteiger partial charge is 0.237 e. The van der Waals surface area contributed by atoms with Crippen LogP contribution in [-0.2, 0) is 4.79 Å². The van der Waals surface area contributed by atoms with Crippen LogP contribution in [0.5, 0.6) is 5.75 Å². The van der Waals surface area contributed by atoms with Crippen molar-refractivity contribution in [3.63, 3.8) is 0 Å². The zero-order valence-electron chi connectivity index (χ0n) is 14.0. The molecule has 0 spiro atoms. The first-order chi connectivity index (χ1) is 11.3. The number of nitrogens with zero attached hydrogens (tertiary/aromatic N) is 2. The summed E-state index contributed by atoms with van der Waals surface area (Å²) in [6.07, 6.45) is 4.33. The van der Waals surface area contributed by atoms with Gasteiger partial charge in [0.05, 0.1) is 13.2 Å². The van der Waals surface area contributed by atoms with Gasteiger partial charge in [0.1, 0.15) is 5.75 Å². The molecule has 0 bridgehead atoms. The summed E-state index contributed by atoms with van der Waals surface area (Å²) in [5, 5.41) is 3.06. The third kappa shape index (κ3) is 3.96. The van der Waals surface area contributed by atoms with Crippen LogP contribution in [0.25, 0.3) is 0 Å². The molecule has 0 aromatic heterocycles. The Balaban J connectivity index is 1.63. The number of carbonyl (C=O) groups excluding carboxylic acids is 1. The highest BCUT2D eigenvalue weighted by Crippen LogP contribution is 2.22. The lowest BCUT2D eigenvalue weighted by Crippen LogP contribution is -2.47. The van der Waals surface area contributed by atoms with Crippen LogP contribution in [0.3, 0.4) is 0 Å². The second-order valence-electron chi connectivity index (χ2n) is 6.38. The lowest BCUT2D eigenvalue weighted by molar-refractivity contribution is -0.126. The summed E-state index contributed by atoms with van der Waals surface area (Å²) >= 11 is 0. The third-order valence-corrected chi connectivity index (χ3v) is 4.92. The van der Waals surface area contributed by atoms with E-state index in [1.807, 2.05) is 12.1 Å². The van der Waals surface area contributed by atoms with Gasteiger partial charge in [-0.15, -0.1) is 0 Å². The summed E-state index contributed by atoms with van der Waals surface area (Å²) in [7, 11) is 1.69. The number of ether oxygens (including phenoxy) is 1. The molecular weight excluding hydrogens is 290 g/mol. The summed E-state index contributed by atoms with van der Waals surface area (Å²) in [5.74, 6) is 1.11. The molecule has 23 heavy (non-hydrogen) atoms. The van der Waals surface area contributed by atoms with E-state index in [0.717, 1.165) is 64.2 Å². The fourth-order valence-corrected chi connectivity index (χ4v) is 3.57. The number of amides is 1. The van der Waals surface area contributed by atoms with E-state index in [0.29, 0.717) is 0 Å². The van der Waals surface area contributed by atoms with Crippen LogP contribution in [-0.4, -0.2) is 56.7 Å². The van der Waals surface area contributed by atoms with E-state index >= 15 is 0 Å². The van der Waals surface area contributed by atoms with Crippen molar-refractivity contribution >= 4 is 11.6 Å². The Kier molecular flexibility index (Phi) is 5.39. The first kappa shape index (κ1) is 16.1. The number of anilines is 1. The molecule has 1 aromatic carbocycles. The lowest BCUT2D eigenvalue weighted by Gasteiger charge is -2.28. The van der Waals surface area contributed by atoms with Gasteiger partial charge in [0, 0.05) is 38.4 Å². The molecule has 1 amide bonds. The Labute approximate surface area is 138 Å². The Hall–Kier alpha value is -1.75. The Morgan fingerprint density at radius 1 is 1.04 bits per heavy atom. The predicted octanol–water partition coefficient (Wildman–Crippen LogP) is 1.88. The normalized spacial score (nSPS) is 23.8. The Bertz CT molecular complexity index is 518. The second kappa shape index (κ2) is 7.68. The number of carbonyl (C=O) groups is 1. The number of hydrogen-bond donors (Lipinski definition) is 1. The highest BCUT2D eigenvalue weighted by atomic mass is 16.5. The van der Waals surface area contributed by atoms with Gasteiger partial charge in [-0.3, -0.25) is 9.69 Å². The van der Waals surface area contributed by atoms with Gasteiger partial charge in [-0.2, -0.15) is 0 Å². The topological polar surface area (TPSA) is 44.8 Å². The first-order valence-corrected chi connectivity index (χ1v) is 8.69. The average molecular weight is 317 g/mol. The van der Waals surface area contributed by atoms with Crippen molar-refractivity contribution in [3.8, 4) is 5.75 Å². The summed E-state index contributed by atoms with van der Waals surface area (Å²) in [4.78, 5) is 17.1. The zero-order valence-corrected chi connectivity index (χ0v) is 14.0. The van der Waals surface area contributed by atoms with Crippen LogP contribution in [0, 0.1) is 0 Å². The van der Waals surface area contributed by atoms with Crippen LogP contribution >= 0.6 is 0 Å². The molecule has 126 valence electrons. The molecule has 3 rings (SSSR count). The summed E-state index contributed by atoms with van der Waals surface area (Å²) in [5.41, 5.74) is 1.23. The molecule has 1 atom stereocenters. The minimum atomic E-state index is 0.0633. The van der Waals surface area contributed by atoms with E-state index in [1.54, 1.807) is 7.11 Å². The molecule has 2 aliphatic rings. The van der Waals surface area contributed by atoms with Gasteiger partial charge in [-0.1, -0.05) is 0 Å². The van der Waals surface area contributed by atoms with Crippen LogP contribution in [0.4, 0.5) is 5.69 Å². The molecule has 5 nitrogen and oxygen atoms in total. The Morgan fingerprint density at radius 3 is 2.65 bits per heavy atom. The molecule has 1 aromatic rings. The predicted molar refractivity (Wildman–Crippen MR) is 92.0 cm³/mol. The van der Waals surface area contributed by atoms with Crippen molar-refractivity contribution in [1.29, 1.82) is 0 Å². The van der Waals surface area contributed by atoms with Crippen molar-refractivity contribution in [2.24, 2.45) is 0 Å². The lowest BCUT2D eigenvalue weighted by atomic mass is 10.1. The van der Waals surface area contributed by atoms with Gasteiger partial charge in [-0.05, 0) is 49.9 Å². The largest absolute Gasteiger partial charge is 0.497 e. The van der Waals surface area contributed by atoms with Crippen LogP contribution in [0.1, 0.15) is 25.7 Å².